The molecule has 2 N–H and O–H groups in total. The van der Waals surface area contributed by atoms with Crippen molar-refractivity contribution in [3.63, 3.8) is 0 Å². The first kappa shape index (κ1) is 22.2. The van der Waals surface area contributed by atoms with Crippen LogP contribution < -0.4 is 5.73 Å². The molecule has 2 atom stereocenters. The summed E-state index contributed by atoms with van der Waals surface area (Å²) in [7, 11) is 1.95. The number of nitrogens with two attached hydrogens (primary N) is 1. The number of carbonyl (C=O) groups excluding carboxylic acids is 1. The summed E-state index contributed by atoms with van der Waals surface area (Å²) >= 11 is 0. The quantitative estimate of drug-likeness (QED) is 0.877. The minimum atomic E-state index is -0.463. The van der Waals surface area contributed by atoms with Gasteiger partial charge in [-0.05, 0) is 32.1 Å². The summed E-state index contributed by atoms with van der Waals surface area (Å²) in [5.74, 6) is 0.0626. The normalized spacial score (nSPS) is 19.1. The molecule has 1 aromatic rings. The van der Waals surface area contributed by atoms with E-state index in [4.69, 9.17) is 5.73 Å². The Labute approximate surface area is 151 Å². The standard InChI is InChI=1S/C16H28N4O.2ClH/c1-10-13(11(2)19(6)18-10)12-8-7-9-20(12)15(21)14(17)16(3,4)5;;/h12,14H,7-9,17H2,1-6H3;2*1H/t12?,14-;;/m1../s1. The molecule has 0 aromatic carbocycles. The molecule has 1 aliphatic rings. The molecule has 1 amide bonds. The molecule has 1 unspecified atom stereocenters. The zero-order chi connectivity index (χ0) is 15.9. The van der Waals surface area contributed by atoms with Crippen LogP contribution in [0.15, 0.2) is 0 Å². The highest BCUT2D eigenvalue weighted by molar-refractivity contribution is 5.85. The monoisotopic (exact) mass is 364 g/mol. The van der Waals surface area contributed by atoms with Crippen LogP contribution in [-0.4, -0.2) is 33.2 Å². The van der Waals surface area contributed by atoms with Crippen LogP contribution >= 0.6 is 24.8 Å². The highest BCUT2D eigenvalue weighted by Gasteiger charge is 2.38. The molecule has 23 heavy (non-hydrogen) atoms. The molecular weight excluding hydrogens is 335 g/mol. The molecule has 5 nitrogen and oxygen atoms in total. The van der Waals surface area contributed by atoms with Crippen LogP contribution in [0.5, 0.6) is 0 Å². The Bertz CT molecular complexity index is 551. The van der Waals surface area contributed by atoms with E-state index in [1.807, 2.05) is 44.3 Å². The van der Waals surface area contributed by atoms with Crippen molar-refractivity contribution in [1.82, 2.24) is 14.7 Å². The number of nitrogens with zero attached hydrogens (tertiary/aromatic N) is 3. The van der Waals surface area contributed by atoms with Crippen molar-refractivity contribution in [1.29, 1.82) is 0 Å². The Hall–Kier alpha value is -0.780. The zero-order valence-electron chi connectivity index (χ0n) is 14.9. The van der Waals surface area contributed by atoms with Crippen LogP contribution in [0.25, 0.3) is 0 Å². The summed E-state index contributed by atoms with van der Waals surface area (Å²) in [6, 6.07) is -0.338. The van der Waals surface area contributed by atoms with Crippen LogP contribution in [-0.2, 0) is 11.8 Å². The van der Waals surface area contributed by atoms with Gasteiger partial charge in [-0.3, -0.25) is 9.48 Å². The number of aromatic nitrogens is 2. The van der Waals surface area contributed by atoms with E-state index in [2.05, 4.69) is 12.0 Å². The number of hydrogen-bond acceptors (Lipinski definition) is 3. The Kier molecular flexibility index (Phi) is 7.59. The van der Waals surface area contributed by atoms with Crippen LogP contribution in [0.2, 0.25) is 0 Å². The van der Waals surface area contributed by atoms with E-state index in [1.54, 1.807) is 0 Å². The van der Waals surface area contributed by atoms with Gasteiger partial charge < -0.3 is 10.6 Å². The summed E-state index contributed by atoms with van der Waals surface area (Å²) in [6.07, 6.45) is 2.02. The van der Waals surface area contributed by atoms with Crippen molar-refractivity contribution < 1.29 is 4.79 Å². The Balaban J connectivity index is 0.00000242. The fraction of sp³-hybridized carbons (Fsp3) is 0.750. The largest absolute Gasteiger partial charge is 0.334 e. The summed E-state index contributed by atoms with van der Waals surface area (Å²) < 4.78 is 1.90. The molecule has 0 spiro atoms. The van der Waals surface area contributed by atoms with Crippen molar-refractivity contribution in [2.24, 2.45) is 18.2 Å². The maximum Gasteiger partial charge on any atom is 0.240 e. The molecular formula is C16H30Cl2N4O. The van der Waals surface area contributed by atoms with E-state index in [0.717, 1.165) is 30.8 Å². The second-order valence-electron chi connectivity index (χ2n) is 7.24. The third-order valence-corrected chi connectivity index (χ3v) is 4.63. The first-order chi connectivity index (χ1) is 9.64. The van der Waals surface area contributed by atoms with Crippen LogP contribution in [0.1, 0.15) is 56.6 Å². The van der Waals surface area contributed by atoms with Gasteiger partial charge in [-0.2, -0.15) is 5.10 Å². The molecule has 7 heteroatoms. The fourth-order valence-electron chi connectivity index (χ4n) is 3.15. The number of amides is 1. The van der Waals surface area contributed by atoms with E-state index < -0.39 is 6.04 Å². The van der Waals surface area contributed by atoms with Gasteiger partial charge >= 0.3 is 0 Å². The average Bonchev–Trinajstić information content (AvgIpc) is 2.92. The predicted molar refractivity (Wildman–Crippen MR) is 98.3 cm³/mol. The summed E-state index contributed by atoms with van der Waals surface area (Å²) in [6.45, 7) is 10.9. The Morgan fingerprint density at radius 2 is 1.87 bits per heavy atom. The Morgan fingerprint density at radius 3 is 2.30 bits per heavy atom. The molecule has 1 aliphatic heterocycles. The number of likely N-dealkylation sites (tertiary alicyclic amines) is 1. The second kappa shape index (κ2) is 7.86. The molecule has 1 aromatic heterocycles. The Morgan fingerprint density at radius 1 is 1.30 bits per heavy atom. The summed E-state index contributed by atoms with van der Waals surface area (Å²) in [4.78, 5) is 14.7. The van der Waals surface area contributed by atoms with E-state index in [0.29, 0.717) is 0 Å². The predicted octanol–water partition coefficient (Wildman–Crippen LogP) is 2.92. The van der Waals surface area contributed by atoms with E-state index in [-0.39, 0.29) is 42.2 Å². The van der Waals surface area contributed by atoms with Gasteiger partial charge in [0.05, 0.1) is 17.8 Å². The third kappa shape index (κ3) is 4.20. The summed E-state index contributed by atoms with van der Waals surface area (Å²) in [5.41, 5.74) is 9.32. The van der Waals surface area contributed by atoms with Gasteiger partial charge in [-0.15, -0.1) is 24.8 Å². The number of aryl methyl sites for hydroxylation is 2. The van der Waals surface area contributed by atoms with E-state index >= 15 is 0 Å². The van der Waals surface area contributed by atoms with Gasteiger partial charge in [-0.1, -0.05) is 20.8 Å². The van der Waals surface area contributed by atoms with Crippen LogP contribution in [0.4, 0.5) is 0 Å². The number of carbonyl (C=O) groups is 1. The van der Waals surface area contributed by atoms with E-state index in [1.165, 1.54) is 5.56 Å². The van der Waals surface area contributed by atoms with Crippen molar-refractivity contribution in [3.8, 4) is 0 Å². The van der Waals surface area contributed by atoms with Crippen LogP contribution in [0, 0.1) is 19.3 Å². The molecule has 0 bridgehead atoms. The van der Waals surface area contributed by atoms with Gasteiger partial charge in [0, 0.05) is 24.8 Å². The van der Waals surface area contributed by atoms with Gasteiger partial charge in [0.2, 0.25) is 5.91 Å². The number of hydrogen-bond donors (Lipinski definition) is 1. The maximum atomic E-state index is 12.8. The van der Waals surface area contributed by atoms with Crippen molar-refractivity contribution in [2.75, 3.05) is 6.54 Å². The maximum absolute atomic E-state index is 12.8. The smallest absolute Gasteiger partial charge is 0.240 e. The number of rotatable bonds is 2. The molecule has 0 saturated carbocycles. The lowest BCUT2D eigenvalue weighted by molar-refractivity contribution is -0.135. The third-order valence-electron chi connectivity index (χ3n) is 4.63. The van der Waals surface area contributed by atoms with Gasteiger partial charge in [-0.25, -0.2) is 0 Å². The van der Waals surface area contributed by atoms with Gasteiger partial charge in [0.25, 0.3) is 0 Å². The molecule has 2 rings (SSSR count). The van der Waals surface area contributed by atoms with Crippen LogP contribution in [0.3, 0.4) is 0 Å². The summed E-state index contributed by atoms with van der Waals surface area (Å²) in [5, 5.41) is 4.49. The highest BCUT2D eigenvalue weighted by Crippen LogP contribution is 2.36. The van der Waals surface area contributed by atoms with Gasteiger partial charge in [0.15, 0.2) is 0 Å². The molecule has 134 valence electrons. The second-order valence-corrected chi connectivity index (χ2v) is 7.24. The lowest BCUT2D eigenvalue weighted by Gasteiger charge is -2.33. The molecule has 1 saturated heterocycles. The highest BCUT2D eigenvalue weighted by atomic mass is 35.5. The average molecular weight is 365 g/mol. The fourth-order valence-corrected chi connectivity index (χ4v) is 3.15. The molecule has 2 heterocycles. The zero-order valence-corrected chi connectivity index (χ0v) is 16.6. The van der Waals surface area contributed by atoms with Crippen molar-refractivity contribution in [2.45, 2.75) is 59.5 Å². The lowest BCUT2D eigenvalue weighted by atomic mass is 9.86. The SMILES string of the molecule is Cc1nn(C)c(C)c1C1CCCN1C(=O)[C@@H](N)C(C)(C)C.Cl.Cl. The topological polar surface area (TPSA) is 64.2 Å². The molecule has 0 radical (unpaired) electrons. The minimum absolute atomic E-state index is 0. The number of halogens is 2. The first-order valence-electron chi connectivity index (χ1n) is 7.70. The molecule has 0 aliphatic carbocycles. The lowest BCUT2D eigenvalue weighted by Crippen LogP contribution is -2.50. The van der Waals surface area contributed by atoms with E-state index in [9.17, 15) is 4.79 Å². The first-order valence-corrected chi connectivity index (χ1v) is 7.70. The van der Waals surface area contributed by atoms with Crippen molar-refractivity contribution in [3.05, 3.63) is 17.0 Å². The van der Waals surface area contributed by atoms with Gasteiger partial charge in [0.1, 0.15) is 0 Å². The van der Waals surface area contributed by atoms with Crippen molar-refractivity contribution >= 4 is 30.7 Å². The minimum Gasteiger partial charge on any atom is -0.334 e. The molecule has 1 fully saturated rings.